The van der Waals surface area contributed by atoms with Gasteiger partial charge < -0.3 is 4.74 Å². The second-order valence-corrected chi connectivity index (χ2v) is 8.44. The lowest BCUT2D eigenvalue weighted by atomic mass is 10.0. The molecule has 3 aromatic rings. The molecule has 4 nitrogen and oxygen atoms in total. The van der Waals surface area contributed by atoms with E-state index in [1.54, 1.807) is 6.07 Å². The highest BCUT2D eigenvalue weighted by atomic mass is 32.1. The fourth-order valence-electron chi connectivity index (χ4n) is 2.84. The van der Waals surface area contributed by atoms with Gasteiger partial charge >= 0.3 is 0 Å². The van der Waals surface area contributed by atoms with Crippen LogP contribution >= 0.6 is 11.3 Å². The van der Waals surface area contributed by atoms with Crippen LogP contribution in [0.4, 0.5) is 5.13 Å². The number of para-hydroxylation sites is 1. The van der Waals surface area contributed by atoms with Gasteiger partial charge in [0, 0.05) is 17.5 Å². The van der Waals surface area contributed by atoms with Crippen LogP contribution < -0.4 is 10.1 Å². The summed E-state index contributed by atoms with van der Waals surface area (Å²) in [5, 5.41) is 3.49. The molecule has 0 spiro atoms. The highest BCUT2D eigenvalue weighted by Crippen LogP contribution is 2.25. The van der Waals surface area contributed by atoms with E-state index in [2.05, 4.69) is 48.4 Å². The van der Waals surface area contributed by atoms with E-state index in [9.17, 15) is 4.79 Å². The van der Waals surface area contributed by atoms with Gasteiger partial charge in [-0.25, -0.2) is 4.98 Å². The molecule has 1 N–H and O–H groups in total. The Labute approximate surface area is 170 Å². The minimum atomic E-state index is -0.210. The molecule has 1 heterocycles. The lowest BCUT2D eigenvalue weighted by Crippen LogP contribution is -2.15. The standard InChI is InChI=1S/C23H26N2O2S/c1-15(2)18-11-9-17(10-12-18)13-19-14-24-23(28-19)25-22(26)20-7-5-6-8-21(20)27-16(3)4/h5-12,14-16H,13H2,1-4H3,(H,24,25,26). The normalized spacial score (nSPS) is 11.1. The monoisotopic (exact) mass is 394 g/mol. The molecule has 1 aromatic heterocycles. The van der Waals surface area contributed by atoms with Crippen molar-refractivity contribution in [3.05, 3.63) is 76.3 Å². The van der Waals surface area contributed by atoms with Crippen LogP contribution in [0.3, 0.4) is 0 Å². The number of rotatable bonds is 7. The lowest BCUT2D eigenvalue weighted by molar-refractivity contribution is 0.102. The zero-order chi connectivity index (χ0) is 20.1. The Morgan fingerprint density at radius 2 is 1.79 bits per heavy atom. The largest absolute Gasteiger partial charge is 0.490 e. The molecule has 5 heteroatoms. The Kier molecular flexibility index (Phi) is 6.47. The van der Waals surface area contributed by atoms with Gasteiger partial charge in [-0.3, -0.25) is 10.1 Å². The smallest absolute Gasteiger partial charge is 0.261 e. The number of carbonyl (C=O) groups excluding carboxylic acids is 1. The van der Waals surface area contributed by atoms with Crippen molar-refractivity contribution in [3.8, 4) is 5.75 Å². The van der Waals surface area contributed by atoms with Crippen LogP contribution in [0.2, 0.25) is 0 Å². The highest BCUT2D eigenvalue weighted by molar-refractivity contribution is 7.15. The third-order valence-corrected chi connectivity index (χ3v) is 5.21. The molecule has 2 aromatic carbocycles. The van der Waals surface area contributed by atoms with Crippen molar-refractivity contribution in [1.82, 2.24) is 4.98 Å². The first-order valence-electron chi connectivity index (χ1n) is 9.53. The number of nitrogens with one attached hydrogen (secondary N) is 1. The molecule has 0 aliphatic rings. The number of thiazole rings is 1. The van der Waals surface area contributed by atoms with Crippen LogP contribution in [-0.4, -0.2) is 17.0 Å². The zero-order valence-corrected chi connectivity index (χ0v) is 17.5. The van der Waals surface area contributed by atoms with Crippen LogP contribution in [0.1, 0.15) is 60.0 Å². The Morgan fingerprint density at radius 1 is 1.07 bits per heavy atom. The van der Waals surface area contributed by atoms with Gasteiger partial charge in [-0.1, -0.05) is 50.2 Å². The lowest BCUT2D eigenvalue weighted by Gasteiger charge is -2.13. The van der Waals surface area contributed by atoms with Crippen molar-refractivity contribution >= 4 is 22.4 Å². The first-order valence-corrected chi connectivity index (χ1v) is 10.3. The maximum atomic E-state index is 12.7. The Balaban J connectivity index is 1.67. The van der Waals surface area contributed by atoms with E-state index in [1.807, 2.05) is 38.2 Å². The Morgan fingerprint density at radius 3 is 2.46 bits per heavy atom. The topological polar surface area (TPSA) is 51.2 Å². The molecule has 0 saturated heterocycles. The molecule has 0 bridgehead atoms. The van der Waals surface area contributed by atoms with Crippen molar-refractivity contribution in [1.29, 1.82) is 0 Å². The molecule has 3 rings (SSSR count). The molecule has 0 aliphatic heterocycles. The zero-order valence-electron chi connectivity index (χ0n) is 16.7. The van der Waals surface area contributed by atoms with E-state index in [0.29, 0.717) is 22.4 Å². The number of anilines is 1. The van der Waals surface area contributed by atoms with E-state index in [0.717, 1.165) is 11.3 Å². The fraction of sp³-hybridized carbons (Fsp3) is 0.304. The van der Waals surface area contributed by atoms with Crippen LogP contribution in [0.15, 0.2) is 54.7 Å². The number of hydrogen-bond acceptors (Lipinski definition) is 4. The second kappa shape index (κ2) is 9.02. The number of nitrogens with zero attached hydrogens (tertiary/aromatic N) is 1. The predicted octanol–water partition coefficient (Wildman–Crippen LogP) is 5.90. The minimum absolute atomic E-state index is 0.00231. The Hall–Kier alpha value is -2.66. The van der Waals surface area contributed by atoms with Crippen molar-refractivity contribution in [2.75, 3.05) is 5.32 Å². The highest BCUT2D eigenvalue weighted by Gasteiger charge is 2.15. The molecule has 1 amide bonds. The van der Waals surface area contributed by atoms with Crippen LogP contribution in [0.5, 0.6) is 5.75 Å². The van der Waals surface area contributed by atoms with E-state index < -0.39 is 0 Å². The summed E-state index contributed by atoms with van der Waals surface area (Å²) < 4.78 is 5.74. The minimum Gasteiger partial charge on any atom is -0.490 e. The summed E-state index contributed by atoms with van der Waals surface area (Å²) >= 11 is 1.50. The molecule has 28 heavy (non-hydrogen) atoms. The number of amides is 1. The van der Waals surface area contributed by atoms with E-state index in [-0.39, 0.29) is 12.0 Å². The van der Waals surface area contributed by atoms with E-state index in [1.165, 1.54) is 22.5 Å². The first-order chi connectivity index (χ1) is 13.4. The van der Waals surface area contributed by atoms with Gasteiger partial charge in [0.15, 0.2) is 5.13 Å². The molecule has 0 aliphatic carbocycles. The number of benzene rings is 2. The van der Waals surface area contributed by atoms with Crippen molar-refractivity contribution in [2.45, 2.75) is 46.1 Å². The average Bonchev–Trinajstić information content (AvgIpc) is 3.08. The van der Waals surface area contributed by atoms with Crippen molar-refractivity contribution in [2.24, 2.45) is 0 Å². The maximum absolute atomic E-state index is 12.7. The SMILES string of the molecule is CC(C)Oc1ccccc1C(=O)Nc1ncc(Cc2ccc(C(C)C)cc2)s1. The third-order valence-electron chi connectivity index (χ3n) is 4.29. The average molecular weight is 395 g/mol. The summed E-state index contributed by atoms with van der Waals surface area (Å²) in [6.07, 6.45) is 2.63. The van der Waals surface area contributed by atoms with Gasteiger partial charge in [-0.2, -0.15) is 0 Å². The predicted molar refractivity (Wildman–Crippen MR) is 116 cm³/mol. The summed E-state index contributed by atoms with van der Waals surface area (Å²) in [5.74, 6) is 0.900. The van der Waals surface area contributed by atoms with Gasteiger partial charge in [0.1, 0.15) is 5.75 Å². The number of carbonyl (C=O) groups is 1. The number of ether oxygens (including phenoxy) is 1. The van der Waals surface area contributed by atoms with Crippen molar-refractivity contribution in [3.63, 3.8) is 0 Å². The molecule has 0 unspecified atom stereocenters. The molecule has 0 saturated carbocycles. The Bertz CT molecular complexity index is 930. The molecule has 0 fully saturated rings. The molecule has 0 radical (unpaired) electrons. The molecule has 146 valence electrons. The van der Waals surface area contributed by atoms with Crippen LogP contribution in [-0.2, 0) is 6.42 Å². The van der Waals surface area contributed by atoms with Crippen molar-refractivity contribution < 1.29 is 9.53 Å². The number of aromatic nitrogens is 1. The molecular weight excluding hydrogens is 368 g/mol. The fourth-order valence-corrected chi connectivity index (χ4v) is 3.69. The third kappa shape index (κ3) is 5.20. The second-order valence-electron chi connectivity index (χ2n) is 7.32. The van der Waals surface area contributed by atoms with Gasteiger partial charge in [0.2, 0.25) is 0 Å². The summed E-state index contributed by atoms with van der Waals surface area (Å²) in [6, 6.07) is 15.9. The van der Waals surface area contributed by atoms with Gasteiger partial charge in [0.05, 0.1) is 11.7 Å². The van der Waals surface area contributed by atoms with Gasteiger partial charge in [0.25, 0.3) is 5.91 Å². The van der Waals surface area contributed by atoms with Gasteiger partial charge in [-0.15, -0.1) is 11.3 Å². The first kappa shape index (κ1) is 20.1. The summed E-state index contributed by atoms with van der Waals surface area (Å²) in [4.78, 5) is 18.1. The molecular formula is C23H26N2O2S. The number of hydrogen-bond donors (Lipinski definition) is 1. The van der Waals surface area contributed by atoms with Crippen LogP contribution in [0, 0.1) is 0 Å². The van der Waals surface area contributed by atoms with E-state index in [4.69, 9.17) is 4.74 Å². The maximum Gasteiger partial charge on any atom is 0.261 e. The summed E-state index contributed by atoms with van der Waals surface area (Å²) in [6.45, 7) is 8.26. The summed E-state index contributed by atoms with van der Waals surface area (Å²) in [5.41, 5.74) is 3.09. The quantitative estimate of drug-likeness (QED) is 0.543. The van der Waals surface area contributed by atoms with Gasteiger partial charge in [-0.05, 0) is 43.0 Å². The van der Waals surface area contributed by atoms with Crippen LogP contribution in [0.25, 0.3) is 0 Å². The van der Waals surface area contributed by atoms with E-state index >= 15 is 0 Å². The summed E-state index contributed by atoms with van der Waals surface area (Å²) in [7, 11) is 0. The molecule has 0 atom stereocenters.